The summed E-state index contributed by atoms with van der Waals surface area (Å²) < 4.78 is 0. The highest BCUT2D eigenvalue weighted by Crippen LogP contribution is 2.34. The Bertz CT molecular complexity index is 745. The molecule has 0 bridgehead atoms. The monoisotopic (exact) mass is 296 g/mol. The second-order valence-electron chi connectivity index (χ2n) is 5.95. The fourth-order valence-electron chi connectivity index (χ4n) is 3.19. The van der Waals surface area contributed by atoms with Crippen LogP contribution in [0.3, 0.4) is 0 Å². The first kappa shape index (κ1) is 13.0. The highest BCUT2D eigenvalue weighted by Gasteiger charge is 2.16. The highest BCUT2D eigenvalue weighted by atomic mass is 32.1. The van der Waals surface area contributed by atoms with Crippen molar-refractivity contribution in [2.24, 2.45) is 0 Å². The minimum absolute atomic E-state index is 0.372. The predicted octanol–water partition coefficient (Wildman–Crippen LogP) is 5.28. The number of benzene rings is 1. The van der Waals surface area contributed by atoms with E-state index in [1.165, 1.54) is 47.2 Å². The number of H-pyrrole nitrogens is 1. The fraction of sp³-hybridized carbons (Fsp3) is 0.333. The van der Waals surface area contributed by atoms with E-state index in [2.05, 4.69) is 47.6 Å². The number of rotatable bonds is 3. The van der Waals surface area contributed by atoms with Gasteiger partial charge in [0.1, 0.15) is 0 Å². The van der Waals surface area contributed by atoms with Crippen LogP contribution in [0.25, 0.3) is 10.9 Å². The summed E-state index contributed by atoms with van der Waals surface area (Å²) in [4.78, 5) is 6.32. The molecule has 1 aromatic carbocycles. The number of aryl methyl sites for hydroxylation is 2. The number of fused-ring (bicyclic) bond motifs is 2. The van der Waals surface area contributed by atoms with Crippen LogP contribution in [0.2, 0.25) is 0 Å². The maximum Gasteiger partial charge on any atom is 0.0578 e. The molecule has 3 heteroatoms. The SMILES string of the molecule is CC(Nc1ccc2[nH]ccc2c1)c1cc2c(s1)CCCC2. The van der Waals surface area contributed by atoms with Crippen molar-refractivity contribution in [3.05, 3.63) is 51.8 Å². The molecule has 1 aliphatic carbocycles. The van der Waals surface area contributed by atoms with Crippen molar-refractivity contribution < 1.29 is 0 Å². The second kappa shape index (κ2) is 5.23. The molecule has 0 aliphatic heterocycles. The van der Waals surface area contributed by atoms with E-state index in [1.54, 1.807) is 10.4 Å². The van der Waals surface area contributed by atoms with Gasteiger partial charge in [-0.05, 0) is 68.5 Å². The average molecular weight is 296 g/mol. The lowest BCUT2D eigenvalue weighted by Crippen LogP contribution is -2.04. The smallest absolute Gasteiger partial charge is 0.0578 e. The topological polar surface area (TPSA) is 27.8 Å². The molecule has 0 spiro atoms. The number of nitrogens with one attached hydrogen (secondary N) is 2. The van der Waals surface area contributed by atoms with E-state index in [0.717, 1.165) is 0 Å². The molecule has 0 amide bonds. The summed E-state index contributed by atoms with van der Waals surface area (Å²) in [6, 6.07) is 11.4. The van der Waals surface area contributed by atoms with Crippen molar-refractivity contribution in [3.63, 3.8) is 0 Å². The molecule has 3 aromatic rings. The van der Waals surface area contributed by atoms with E-state index in [9.17, 15) is 0 Å². The van der Waals surface area contributed by atoms with Gasteiger partial charge in [-0.15, -0.1) is 11.3 Å². The third-order valence-corrected chi connectivity index (χ3v) is 5.80. The van der Waals surface area contributed by atoms with E-state index in [0.29, 0.717) is 6.04 Å². The summed E-state index contributed by atoms with van der Waals surface area (Å²) in [6.45, 7) is 2.26. The minimum Gasteiger partial charge on any atom is -0.378 e. The van der Waals surface area contributed by atoms with Gasteiger partial charge in [0.05, 0.1) is 6.04 Å². The van der Waals surface area contributed by atoms with Crippen LogP contribution < -0.4 is 5.32 Å². The van der Waals surface area contributed by atoms with Gasteiger partial charge in [-0.3, -0.25) is 0 Å². The molecule has 1 unspecified atom stereocenters. The first-order valence-electron chi connectivity index (χ1n) is 7.75. The summed E-state index contributed by atoms with van der Waals surface area (Å²) in [5.74, 6) is 0. The number of aromatic amines is 1. The van der Waals surface area contributed by atoms with Crippen LogP contribution in [-0.2, 0) is 12.8 Å². The maximum atomic E-state index is 3.65. The molecular weight excluding hydrogens is 276 g/mol. The largest absolute Gasteiger partial charge is 0.378 e. The summed E-state index contributed by atoms with van der Waals surface area (Å²) in [5, 5.41) is 4.91. The van der Waals surface area contributed by atoms with Crippen molar-refractivity contribution in [1.82, 2.24) is 4.98 Å². The molecule has 0 fully saturated rings. The van der Waals surface area contributed by atoms with E-state index < -0.39 is 0 Å². The van der Waals surface area contributed by atoms with Gasteiger partial charge < -0.3 is 10.3 Å². The van der Waals surface area contributed by atoms with Crippen molar-refractivity contribution in [3.8, 4) is 0 Å². The standard InChI is InChI=1S/C18H20N2S/c1-12(18-11-14-4-2-3-5-17(14)21-18)20-15-6-7-16-13(10-15)8-9-19-16/h6-12,19-20H,2-5H2,1H3. The molecular formula is C18H20N2S. The van der Waals surface area contributed by atoms with Crippen LogP contribution in [0.5, 0.6) is 0 Å². The summed E-state index contributed by atoms with van der Waals surface area (Å²) in [6.07, 6.45) is 7.26. The molecule has 108 valence electrons. The molecule has 4 rings (SSSR count). The lowest BCUT2D eigenvalue weighted by Gasteiger charge is -2.13. The van der Waals surface area contributed by atoms with Crippen LogP contribution in [-0.4, -0.2) is 4.98 Å². The molecule has 0 saturated heterocycles. The molecule has 1 atom stereocenters. The maximum absolute atomic E-state index is 3.65. The van der Waals surface area contributed by atoms with Gasteiger partial charge >= 0.3 is 0 Å². The lowest BCUT2D eigenvalue weighted by atomic mass is 9.99. The van der Waals surface area contributed by atoms with Gasteiger partial charge in [0.15, 0.2) is 0 Å². The van der Waals surface area contributed by atoms with Crippen LogP contribution in [0.15, 0.2) is 36.5 Å². The Labute approximate surface area is 129 Å². The van der Waals surface area contributed by atoms with Gasteiger partial charge in [0.25, 0.3) is 0 Å². The number of hydrogen-bond donors (Lipinski definition) is 2. The summed E-state index contributed by atoms with van der Waals surface area (Å²) >= 11 is 2.00. The molecule has 2 heterocycles. The number of thiophene rings is 1. The average Bonchev–Trinajstić information content (AvgIpc) is 3.13. The van der Waals surface area contributed by atoms with Crippen LogP contribution in [0.4, 0.5) is 5.69 Å². The normalized spacial score (nSPS) is 15.9. The molecule has 0 radical (unpaired) electrons. The van der Waals surface area contributed by atoms with Gasteiger partial charge in [-0.25, -0.2) is 0 Å². The lowest BCUT2D eigenvalue weighted by molar-refractivity contribution is 0.696. The Morgan fingerprint density at radius 3 is 2.95 bits per heavy atom. The molecule has 21 heavy (non-hydrogen) atoms. The third kappa shape index (κ3) is 2.46. The highest BCUT2D eigenvalue weighted by molar-refractivity contribution is 7.12. The van der Waals surface area contributed by atoms with Crippen molar-refractivity contribution in [2.75, 3.05) is 5.32 Å². The number of anilines is 1. The summed E-state index contributed by atoms with van der Waals surface area (Å²) in [7, 11) is 0. The van der Waals surface area contributed by atoms with Crippen LogP contribution in [0.1, 0.15) is 41.1 Å². The first-order valence-corrected chi connectivity index (χ1v) is 8.56. The van der Waals surface area contributed by atoms with Crippen molar-refractivity contribution in [2.45, 2.75) is 38.6 Å². The minimum atomic E-state index is 0.372. The number of hydrogen-bond acceptors (Lipinski definition) is 2. The van der Waals surface area contributed by atoms with Gasteiger partial charge in [0.2, 0.25) is 0 Å². The van der Waals surface area contributed by atoms with Gasteiger partial charge in [-0.1, -0.05) is 0 Å². The van der Waals surface area contributed by atoms with Crippen molar-refractivity contribution >= 4 is 27.9 Å². The Morgan fingerprint density at radius 1 is 1.14 bits per heavy atom. The Morgan fingerprint density at radius 2 is 2.05 bits per heavy atom. The molecule has 2 N–H and O–H groups in total. The Hall–Kier alpha value is -1.74. The van der Waals surface area contributed by atoms with E-state index in [4.69, 9.17) is 0 Å². The number of aromatic nitrogens is 1. The summed E-state index contributed by atoms with van der Waals surface area (Å²) in [5.41, 5.74) is 3.98. The molecule has 2 nitrogen and oxygen atoms in total. The van der Waals surface area contributed by atoms with Gasteiger partial charge in [-0.2, -0.15) is 0 Å². The van der Waals surface area contributed by atoms with E-state index >= 15 is 0 Å². The second-order valence-corrected chi connectivity index (χ2v) is 7.12. The zero-order valence-electron chi connectivity index (χ0n) is 12.3. The Balaban J connectivity index is 1.56. The van der Waals surface area contributed by atoms with Gasteiger partial charge in [0, 0.05) is 32.5 Å². The van der Waals surface area contributed by atoms with Crippen LogP contribution in [0, 0.1) is 0 Å². The predicted molar refractivity (Wildman–Crippen MR) is 91.3 cm³/mol. The van der Waals surface area contributed by atoms with E-state index in [1.807, 2.05) is 17.5 Å². The third-order valence-electron chi connectivity index (χ3n) is 4.38. The molecule has 1 aliphatic rings. The Kier molecular flexibility index (Phi) is 3.23. The quantitative estimate of drug-likeness (QED) is 0.676. The van der Waals surface area contributed by atoms with E-state index in [-0.39, 0.29) is 0 Å². The fourth-order valence-corrected chi connectivity index (χ4v) is 4.45. The van der Waals surface area contributed by atoms with Crippen LogP contribution >= 0.6 is 11.3 Å². The zero-order valence-corrected chi connectivity index (χ0v) is 13.1. The van der Waals surface area contributed by atoms with Crippen molar-refractivity contribution in [1.29, 1.82) is 0 Å². The molecule has 0 saturated carbocycles. The first-order chi connectivity index (χ1) is 10.3. The zero-order chi connectivity index (χ0) is 14.2. The molecule has 2 aromatic heterocycles.